The van der Waals surface area contributed by atoms with E-state index in [-0.39, 0.29) is 11.8 Å². The van der Waals surface area contributed by atoms with Crippen molar-refractivity contribution >= 4 is 5.91 Å². The molecule has 1 aliphatic heterocycles. The SMILES string of the molecule is COc1ccccc1C(=O)N1C[C@H](c2nc(C(C)C)n[nH]2)[C@@H](C2CC2)C1. The van der Waals surface area contributed by atoms with Crippen LogP contribution in [0.4, 0.5) is 0 Å². The molecule has 2 atom stereocenters. The van der Waals surface area contributed by atoms with Gasteiger partial charge in [-0.05, 0) is 36.8 Å². The molecule has 0 unspecified atom stereocenters. The number of nitrogens with zero attached hydrogens (tertiary/aromatic N) is 3. The van der Waals surface area contributed by atoms with E-state index in [1.54, 1.807) is 7.11 Å². The van der Waals surface area contributed by atoms with E-state index in [1.165, 1.54) is 12.8 Å². The zero-order chi connectivity index (χ0) is 18.3. The first kappa shape index (κ1) is 17.1. The normalized spacial score (nSPS) is 22.8. The summed E-state index contributed by atoms with van der Waals surface area (Å²) in [6, 6.07) is 7.45. The summed E-state index contributed by atoms with van der Waals surface area (Å²) in [6.45, 7) is 5.66. The van der Waals surface area contributed by atoms with Crippen molar-refractivity contribution in [1.82, 2.24) is 20.1 Å². The van der Waals surface area contributed by atoms with Gasteiger partial charge in [0, 0.05) is 24.9 Å². The van der Waals surface area contributed by atoms with E-state index >= 15 is 0 Å². The number of carbonyl (C=O) groups excluding carboxylic acids is 1. The second-order valence-corrected chi connectivity index (χ2v) is 7.75. The van der Waals surface area contributed by atoms with Crippen LogP contribution in [-0.4, -0.2) is 46.2 Å². The van der Waals surface area contributed by atoms with Gasteiger partial charge in [0.05, 0.1) is 12.7 Å². The molecule has 1 N–H and O–H groups in total. The van der Waals surface area contributed by atoms with Crippen molar-refractivity contribution < 1.29 is 9.53 Å². The maximum Gasteiger partial charge on any atom is 0.257 e. The van der Waals surface area contributed by atoms with Gasteiger partial charge in [-0.25, -0.2) is 4.98 Å². The number of rotatable bonds is 5. The summed E-state index contributed by atoms with van der Waals surface area (Å²) in [5, 5.41) is 7.51. The summed E-state index contributed by atoms with van der Waals surface area (Å²) >= 11 is 0. The lowest BCUT2D eigenvalue weighted by Gasteiger charge is -2.18. The molecule has 2 aliphatic rings. The van der Waals surface area contributed by atoms with Crippen LogP contribution in [0.5, 0.6) is 5.75 Å². The number of para-hydroxylation sites is 1. The van der Waals surface area contributed by atoms with Gasteiger partial charge in [0.2, 0.25) is 0 Å². The Morgan fingerprint density at radius 2 is 2.04 bits per heavy atom. The van der Waals surface area contributed by atoms with E-state index in [0.29, 0.717) is 35.6 Å². The lowest BCUT2D eigenvalue weighted by molar-refractivity contribution is 0.0781. The third-order valence-electron chi connectivity index (χ3n) is 5.60. The van der Waals surface area contributed by atoms with Crippen LogP contribution in [0.15, 0.2) is 24.3 Å². The van der Waals surface area contributed by atoms with E-state index in [4.69, 9.17) is 9.72 Å². The molecule has 1 saturated heterocycles. The van der Waals surface area contributed by atoms with E-state index in [2.05, 4.69) is 24.0 Å². The summed E-state index contributed by atoms with van der Waals surface area (Å²) in [4.78, 5) is 19.8. The molecule has 1 aliphatic carbocycles. The number of methoxy groups -OCH3 is 1. The molecular weight excluding hydrogens is 328 g/mol. The maximum absolute atomic E-state index is 13.1. The highest BCUT2D eigenvalue weighted by atomic mass is 16.5. The number of aromatic amines is 1. The summed E-state index contributed by atoms with van der Waals surface area (Å²) in [6.07, 6.45) is 2.51. The summed E-state index contributed by atoms with van der Waals surface area (Å²) in [5.74, 6) is 4.15. The largest absolute Gasteiger partial charge is 0.496 e. The van der Waals surface area contributed by atoms with Gasteiger partial charge in [-0.15, -0.1) is 0 Å². The zero-order valence-electron chi connectivity index (χ0n) is 15.6. The Hall–Kier alpha value is -2.37. The lowest BCUT2D eigenvalue weighted by Crippen LogP contribution is -2.29. The topological polar surface area (TPSA) is 71.1 Å². The van der Waals surface area contributed by atoms with Crippen LogP contribution in [-0.2, 0) is 0 Å². The fourth-order valence-electron chi connectivity index (χ4n) is 3.99. The predicted octanol–water partition coefficient (Wildman–Crippen LogP) is 3.20. The summed E-state index contributed by atoms with van der Waals surface area (Å²) < 4.78 is 5.38. The van der Waals surface area contributed by atoms with Crippen LogP contribution in [0.25, 0.3) is 0 Å². The molecule has 0 bridgehead atoms. The van der Waals surface area contributed by atoms with Gasteiger partial charge in [-0.1, -0.05) is 26.0 Å². The molecule has 1 saturated carbocycles. The van der Waals surface area contributed by atoms with E-state index in [9.17, 15) is 4.79 Å². The minimum Gasteiger partial charge on any atom is -0.496 e. The molecule has 26 heavy (non-hydrogen) atoms. The quantitative estimate of drug-likeness (QED) is 0.895. The second kappa shape index (κ2) is 6.74. The summed E-state index contributed by atoms with van der Waals surface area (Å²) in [5.41, 5.74) is 0.630. The molecule has 1 amide bonds. The molecule has 4 rings (SSSR count). The fourth-order valence-corrected chi connectivity index (χ4v) is 3.99. The number of hydrogen-bond acceptors (Lipinski definition) is 4. The van der Waals surface area contributed by atoms with Crippen molar-refractivity contribution in [2.75, 3.05) is 20.2 Å². The third kappa shape index (κ3) is 3.08. The number of H-pyrrole nitrogens is 1. The first-order valence-electron chi connectivity index (χ1n) is 9.43. The highest BCUT2D eigenvalue weighted by molar-refractivity contribution is 5.97. The van der Waals surface area contributed by atoms with E-state index in [0.717, 1.165) is 18.2 Å². The standard InChI is InChI=1S/C20H26N4O2/c1-12(2)18-21-19(23-22-18)16-11-24(10-15(16)13-8-9-13)20(25)14-6-4-5-7-17(14)26-3/h4-7,12-13,15-16H,8-11H2,1-3H3,(H,21,22,23)/t15-,16+/m1/s1. The third-order valence-corrected chi connectivity index (χ3v) is 5.60. The fraction of sp³-hybridized carbons (Fsp3) is 0.550. The maximum atomic E-state index is 13.1. The molecular formula is C20H26N4O2. The van der Waals surface area contributed by atoms with Crippen LogP contribution in [0.3, 0.4) is 0 Å². The number of aromatic nitrogens is 3. The van der Waals surface area contributed by atoms with Crippen LogP contribution in [0, 0.1) is 11.8 Å². The van der Waals surface area contributed by atoms with Crippen LogP contribution in [0.2, 0.25) is 0 Å². The molecule has 1 aromatic heterocycles. The van der Waals surface area contributed by atoms with Gasteiger partial charge in [-0.2, -0.15) is 5.10 Å². The first-order chi connectivity index (χ1) is 12.6. The number of benzene rings is 1. The average Bonchev–Trinajstić information content (AvgIpc) is 3.21. The number of carbonyl (C=O) groups is 1. The molecule has 6 nitrogen and oxygen atoms in total. The summed E-state index contributed by atoms with van der Waals surface area (Å²) in [7, 11) is 1.61. The Balaban J connectivity index is 1.58. The Morgan fingerprint density at radius 3 is 2.69 bits per heavy atom. The smallest absolute Gasteiger partial charge is 0.257 e. The molecule has 6 heteroatoms. The number of nitrogens with one attached hydrogen (secondary N) is 1. The molecule has 138 valence electrons. The van der Waals surface area contributed by atoms with Gasteiger partial charge < -0.3 is 9.64 Å². The monoisotopic (exact) mass is 354 g/mol. The second-order valence-electron chi connectivity index (χ2n) is 7.75. The van der Waals surface area contributed by atoms with Crippen molar-refractivity contribution in [3.05, 3.63) is 41.5 Å². The number of hydrogen-bond donors (Lipinski definition) is 1. The van der Waals surface area contributed by atoms with Crippen LogP contribution >= 0.6 is 0 Å². The predicted molar refractivity (Wildman–Crippen MR) is 98.3 cm³/mol. The van der Waals surface area contributed by atoms with Gasteiger partial charge in [-0.3, -0.25) is 9.89 Å². The molecule has 0 spiro atoms. The van der Waals surface area contributed by atoms with Gasteiger partial charge >= 0.3 is 0 Å². The van der Waals surface area contributed by atoms with Crippen molar-refractivity contribution in [2.24, 2.45) is 11.8 Å². The van der Waals surface area contributed by atoms with Crippen LogP contribution in [0.1, 0.15) is 60.5 Å². The molecule has 0 radical (unpaired) electrons. The number of likely N-dealkylation sites (tertiary alicyclic amines) is 1. The average molecular weight is 354 g/mol. The minimum atomic E-state index is 0.0409. The Labute approximate surface area is 154 Å². The number of ether oxygens (including phenoxy) is 1. The van der Waals surface area contributed by atoms with Gasteiger partial charge in [0.1, 0.15) is 11.6 Å². The van der Waals surface area contributed by atoms with Crippen molar-refractivity contribution in [3.8, 4) is 5.75 Å². The lowest BCUT2D eigenvalue weighted by atomic mass is 9.91. The first-order valence-corrected chi connectivity index (χ1v) is 9.43. The Bertz CT molecular complexity index is 797. The number of amides is 1. The van der Waals surface area contributed by atoms with Gasteiger partial charge in [0.25, 0.3) is 5.91 Å². The Morgan fingerprint density at radius 1 is 1.27 bits per heavy atom. The van der Waals surface area contributed by atoms with E-state index in [1.807, 2.05) is 29.2 Å². The minimum absolute atomic E-state index is 0.0409. The van der Waals surface area contributed by atoms with Gasteiger partial charge in [0.15, 0.2) is 5.82 Å². The van der Waals surface area contributed by atoms with E-state index < -0.39 is 0 Å². The molecule has 2 heterocycles. The Kier molecular flexibility index (Phi) is 4.42. The highest BCUT2D eigenvalue weighted by Gasteiger charge is 2.46. The zero-order valence-corrected chi connectivity index (χ0v) is 15.6. The molecule has 1 aromatic carbocycles. The van der Waals surface area contributed by atoms with Crippen molar-refractivity contribution in [2.45, 2.75) is 38.5 Å². The molecule has 2 fully saturated rings. The highest BCUT2D eigenvalue weighted by Crippen LogP contribution is 2.47. The molecule has 2 aromatic rings. The van der Waals surface area contributed by atoms with Crippen molar-refractivity contribution in [1.29, 1.82) is 0 Å². The van der Waals surface area contributed by atoms with Crippen LogP contribution < -0.4 is 4.74 Å². The van der Waals surface area contributed by atoms with Crippen molar-refractivity contribution in [3.63, 3.8) is 0 Å².